The van der Waals surface area contributed by atoms with E-state index in [9.17, 15) is 9.59 Å². The van der Waals surface area contributed by atoms with Crippen molar-refractivity contribution in [3.63, 3.8) is 0 Å². The summed E-state index contributed by atoms with van der Waals surface area (Å²) in [4.78, 5) is 25.6. The number of hydrogen-bond donors (Lipinski definition) is 1. The minimum atomic E-state index is -0.199. The topological polar surface area (TPSA) is 55.4 Å². The Bertz CT molecular complexity index is 984. The summed E-state index contributed by atoms with van der Waals surface area (Å²) >= 11 is 1.44. The van der Waals surface area contributed by atoms with E-state index in [4.69, 9.17) is 4.74 Å². The van der Waals surface area contributed by atoms with Crippen molar-refractivity contribution in [1.82, 2.24) is 5.32 Å². The smallest absolute Gasteiger partial charge is 0.220 e. The van der Waals surface area contributed by atoms with Crippen molar-refractivity contribution in [2.75, 3.05) is 13.4 Å². The van der Waals surface area contributed by atoms with Crippen molar-refractivity contribution in [3.05, 3.63) is 56.7 Å². The van der Waals surface area contributed by atoms with Gasteiger partial charge in [0.25, 0.3) is 0 Å². The van der Waals surface area contributed by atoms with Crippen molar-refractivity contribution >= 4 is 17.7 Å². The third-order valence-corrected chi connectivity index (χ3v) is 6.32. The summed E-state index contributed by atoms with van der Waals surface area (Å²) in [5.41, 5.74) is 6.33. The number of methoxy groups -OCH3 is 1. The maximum atomic E-state index is 12.8. The lowest BCUT2D eigenvalue weighted by molar-refractivity contribution is -0.121. The van der Waals surface area contributed by atoms with Crippen LogP contribution in [0.25, 0.3) is 11.1 Å². The van der Waals surface area contributed by atoms with Crippen LogP contribution >= 0.6 is 11.8 Å². The molecule has 1 aliphatic rings. The Morgan fingerprint density at radius 1 is 1.29 bits per heavy atom. The number of nitrogens with one attached hydrogen (secondary N) is 1. The molecule has 0 aliphatic heterocycles. The number of benzene rings is 1. The van der Waals surface area contributed by atoms with Crippen LogP contribution < -0.4 is 15.5 Å². The van der Waals surface area contributed by atoms with E-state index < -0.39 is 0 Å². The van der Waals surface area contributed by atoms with Gasteiger partial charge < -0.3 is 10.1 Å². The molecule has 1 amide bonds. The molecule has 0 saturated carbocycles. The average molecular weight is 398 g/mol. The highest BCUT2D eigenvalue weighted by atomic mass is 32.2. The van der Waals surface area contributed by atoms with Gasteiger partial charge in [-0.05, 0) is 72.9 Å². The van der Waals surface area contributed by atoms with Crippen LogP contribution in [0.4, 0.5) is 0 Å². The van der Waals surface area contributed by atoms with Crippen LogP contribution in [-0.4, -0.2) is 19.3 Å². The van der Waals surface area contributed by atoms with Crippen molar-refractivity contribution in [3.8, 4) is 16.9 Å². The summed E-state index contributed by atoms with van der Waals surface area (Å²) in [6.07, 6.45) is 3.87. The van der Waals surface area contributed by atoms with Crippen LogP contribution in [0.3, 0.4) is 0 Å². The Morgan fingerprint density at radius 2 is 2.04 bits per heavy atom. The standard InChI is InChI=1S/C23H27NO3S/c1-6-21(26)24-18-9-7-15-11-13(2)14(3)23(27-4)22(15)16-8-10-20(28-5)19(25)12-17(16)18/h8,10-12,18H,6-7,9H2,1-5H3,(H,24,26)/t18-/m0/s1. The molecule has 5 heteroatoms. The van der Waals surface area contributed by atoms with Crippen molar-refractivity contribution in [2.45, 2.75) is 51.0 Å². The summed E-state index contributed by atoms with van der Waals surface area (Å²) in [6, 6.07) is 7.60. The van der Waals surface area contributed by atoms with Crippen LogP contribution in [-0.2, 0) is 11.2 Å². The van der Waals surface area contributed by atoms with Crippen molar-refractivity contribution in [2.24, 2.45) is 0 Å². The molecule has 4 nitrogen and oxygen atoms in total. The first kappa shape index (κ1) is 20.5. The van der Waals surface area contributed by atoms with Crippen LogP contribution in [0.1, 0.15) is 48.1 Å². The Kier molecular flexibility index (Phi) is 6.14. The molecule has 1 atom stereocenters. The molecule has 1 aliphatic carbocycles. The lowest BCUT2D eigenvalue weighted by Gasteiger charge is -2.19. The number of fused-ring (bicyclic) bond motifs is 3. The van der Waals surface area contributed by atoms with Gasteiger partial charge in [0, 0.05) is 12.0 Å². The van der Waals surface area contributed by atoms with E-state index >= 15 is 0 Å². The molecule has 2 aromatic carbocycles. The van der Waals surface area contributed by atoms with Gasteiger partial charge in [-0.3, -0.25) is 9.59 Å². The minimum absolute atomic E-state index is 0.00900. The van der Waals surface area contributed by atoms with Gasteiger partial charge in [0.15, 0.2) is 5.43 Å². The third-order valence-electron chi connectivity index (χ3n) is 5.54. The number of amides is 1. The van der Waals surface area contributed by atoms with E-state index in [1.54, 1.807) is 13.2 Å². The van der Waals surface area contributed by atoms with E-state index in [2.05, 4.69) is 25.2 Å². The lowest BCUT2D eigenvalue weighted by atomic mass is 9.92. The zero-order valence-electron chi connectivity index (χ0n) is 17.1. The predicted octanol–water partition coefficient (Wildman–Crippen LogP) is 4.57. The van der Waals surface area contributed by atoms with Crippen molar-refractivity contribution < 1.29 is 9.53 Å². The van der Waals surface area contributed by atoms with Crippen molar-refractivity contribution in [1.29, 1.82) is 0 Å². The van der Waals surface area contributed by atoms with E-state index in [0.717, 1.165) is 40.8 Å². The molecule has 0 fully saturated rings. The van der Waals surface area contributed by atoms with Gasteiger partial charge >= 0.3 is 0 Å². The molecule has 3 rings (SSSR count). The number of carbonyl (C=O) groups is 1. The second-order valence-electron chi connectivity index (χ2n) is 7.18. The summed E-state index contributed by atoms with van der Waals surface area (Å²) in [5, 5.41) is 3.12. The van der Waals surface area contributed by atoms with Gasteiger partial charge in [0.1, 0.15) is 5.75 Å². The first-order valence-corrected chi connectivity index (χ1v) is 10.8. The normalized spacial score (nSPS) is 15.2. The monoisotopic (exact) mass is 397 g/mol. The van der Waals surface area contributed by atoms with E-state index in [1.165, 1.54) is 22.9 Å². The van der Waals surface area contributed by atoms with Gasteiger partial charge in [0.2, 0.25) is 5.91 Å². The highest BCUT2D eigenvalue weighted by molar-refractivity contribution is 7.98. The fourth-order valence-corrected chi connectivity index (χ4v) is 4.38. The Morgan fingerprint density at radius 3 is 2.68 bits per heavy atom. The first-order chi connectivity index (χ1) is 13.4. The third kappa shape index (κ3) is 3.68. The lowest BCUT2D eigenvalue weighted by Crippen LogP contribution is -2.28. The second-order valence-corrected chi connectivity index (χ2v) is 8.03. The molecule has 0 aromatic heterocycles. The first-order valence-electron chi connectivity index (χ1n) is 9.60. The molecule has 0 heterocycles. The predicted molar refractivity (Wildman–Crippen MR) is 115 cm³/mol. The van der Waals surface area contributed by atoms with E-state index in [1.807, 2.05) is 25.3 Å². The maximum absolute atomic E-state index is 12.8. The molecule has 0 spiro atoms. The van der Waals surface area contributed by atoms with Gasteiger partial charge in [-0.2, -0.15) is 0 Å². The fourth-order valence-electron chi connectivity index (χ4n) is 3.92. The van der Waals surface area contributed by atoms with E-state index in [0.29, 0.717) is 11.3 Å². The van der Waals surface area contributed by atoms with Crippen LogP contribution in [0.2, 0.25) is 0 Å². The zero-order chi connectivity index (χ0) is 20.4. The van der Waals surface area contributed by atoms with Crippen LogP contribution in [0.15, 0.2) is 34.0 Å². The number of ether oxygens (including phenoxy) is 1. The molecule has 28 heavy (non-hydrogen) atoms. The summed E-state index contributed by atoms with van der Waals surface area (Å²) in [7, 11) is 1.69. The minimum Gasteiger partial charge on any atom is -0.496 e. The van der Waals surface area contributed by atoms with Gasteiger partial charge in [-0.1, -0.05) is 19.1 Å². The number of hydrogen-bond acceptors (Lipinski definition) is 4. The van der Waals surface area contributed by atoms with Crippen LogP contribution in [0, 0.1) is 13.8 Å². The molecular weight excluding hydrogens is 370 g/mol. The number of thioether (sulfide) groups is 1. The molecule has 1 N–H and O–H groups in total. The summed E-state index contributed by atoms with van der Waals surface area (Å²) < 4.78 is 5.82. The Balaban J connectivity index is 2.36. The van der Waals surface area contributed by atoms with Gasteiger partial charge in [-0.15, -0.1) is 11.8 Å². The van der Waals surface area contributed by atoms with Gasteiger partial charge in [-0.25, -0.2) is 0 Å². The number of rotatable bonds is 4. The molecule has 2 aromatic rings. The Hall–Kier alpha value is -2.27. The van der Waals surface area contributed by atoms with E-state index in [-0.39, 0.29) is 17.4 Å². The molecule has 0 bridgehead atoms. The number of aryl methyl sites for hydroxylation is 2. The highest BCUT2D eigenvalue weighted by Gasteiger charge is 2.27. The zero-order valence-corrected chi connectivity index (χ0v) is 18.0. The fraction of sp³-hybridized carbons (Fsp3) is 0.391. The maximum Gasteiger partial charge on any atom is 0.220 e. The highest BCUT2D eigenvalue weighted by Crippen LogP contribution is 2.44. The number of carbonyl (C=O) groups excluding carboxylic acids is 1. The van der Waals surface area contributed by atoms with Gasteiger partial charge in [0.05, 0.1) is 18.0 Å². The average Bonchev–Trinajstić information content (AvgIpc) is 2.92. The quantitative estimate of drug-likeness (QED) is 0.768. The molecule has 0 saturated heterocycles. The SMILES string of the molecule is CCC(=O)N[C@H]1CCc2cc(C)c(C)c(OC)c2-c2ccc(SC)c(=O)cc21. The largest absolute Gasteiger partial charge is 0.496 e. The Labute approximate surface area is 170 Å². The summed E-state index contributed by atoms with van der Waals surface area (Å²) in [6.45, 7) is 5.99. The van der Waals surface area contributed by atoms with Crippen LogP contribution in [0.5, 0.6) is 5.75 Å². The molecule has 0 unspecified atom stereocenters. The molecular formula is C23H27NO3S. The molecule has 0 radical (unpaired) electrons. The second kappa shape index (κ2) is 8.39. The molecule has 148 valence electrons. The summed E-state index contributed by atoms with van der Waals surface area (Å²) in [5.74, 6) is 0.841.